The molecule has 0 spiro atoms. The highest BCUT2D eigenvalue weighted by molar-refractivity contribution is 6.33. The molecule has 0 amide bonds. The van der Waals surface area contributed by atoms with Crippen molar-refractivity contribution in [2.45, 2.75) is 57.7 Å². The van der Waals surface area contributed by atoms with E-state index >= 15 is 0 Å². The third-order valence-corrected chi connectivity index (χ3v) is 6.90. The zero-order valence-corrected chi connectivity index (χ0v) is 20.4. The van der Waals surface area contributed by atoms with Gasteiger partial charge in [-0.2, -0.15) is 4.98 Å². The summed E-state index contributed by atoms with van der Waals surface area (Å²) < 4.78 is 14.6. The SMILES string of the molecule is CN1C(C)(C)CC(Nc2nc(Nc3ccc(-c4cccnc4)c(Cl)c3)ncc2F)CC1(C)C. The Hall–Kier alpha value is -2.77. The van der Waals surface area contributed by atoms with Crippen LogP contribution < -0.4 is 10.6 Å². The van der Waals surface area contributed by atoms with Crippen LogP contribution in [0.15, 0.2) is 48.9 Å². The molecular weight excluding hydrogens is 439 g/mol. The van der Waals surface area contributed by atoms with Gasteiger partial charge in [0.2, 0.25) is 5.95 Å². The standard InChI is InChI=1S/C25H30ClFN6/c1-24(2)12-18(13-25(3,4)33(24)5)30-22-21(27)15-29-23(32-22)31-17-8-9-19(20(26)11-17)16-7-6-10-28-14-16/h6-11,14-15,18H,12-13H2,1-5H3,(H2,29,30,31,32). The van der Waals surface area contributed by atoms with Crippen LogP contribution in [0, 0.1) is 5.82 Å². The van der Waals surface area contributed by atoms with Crippen molar-refractivity contribution in [3.8, 4) is 11.1 Å². The number of halogens is 2. The van der Waals surface area contributed by atoms with Crippen LogP contribution in [0.4, 0.5) is 21.8 Å². The number of aromatic nitrogens is 3. The minimum atomic E-state index is -0.472. The topological polar surface area (TPSA) is 66.0 Å². The molecule has 1 saturated heterocycles. The summed E-state index contributed by atoms with van der Waals surface area (Å²) in [6, 6.07) is 9.50. The second-order valence-electron chi connectivity index (χ2n) is 9.88. The monoisotopic (exact) mass is 468 g/mol. The van der Waals surface area contributed by atoms with E-state index in [4.69, 9.17) is 11.6 Å². The van der Waals surface area contributed by atoms with Gasteiger partial charge in [-0.05, 0) is 65.8 Å². The first-order valence-electron chi connectivity index (χ1n) is 11.1. The average Bonchev–Trinajstić information content (AvgIpc) is 2.75. The van der Waals surface area contributed by atoms with Crippen molar-refractivity contribution in [1.82, 2.24) is 19.9 Å². The van der Waals surface area contributed by atoms with Gasteiger partial charge in [-0.25, -0.2) is 9.37 Å². The van der Waals surface area contributed by atoms with Crippen LogP contribution in [0.5, 0.6) is 0 Å². The second-order valence-corrected chi connectivity index (χ2v) is 10.3. The van der Waals surface area contributed by atoms with Crippen molar-refractivity contribution in [1.29, 1.82) is 0 Å². The Morgan fingerprint density at radius 1 is 1.09 bits per heavy atom. The molecule has 4 rings (SSSR count). The van der Waals surface area contributed by atoms with E-state index in [1.54, 1.807) is 18.5 Å². The predicted octanol–water partition coefficient (Wildman–Crippen LogP) is 6.14. The van der Waals surface area contributed by atoms with Gasteiger partial charge >= 0.3 is 0 Å². The number of likely N-dealkylation sites (tertiary alicyclic amines) is 1. The maximum absolute atomic E-state index is 14.6. The zero-order valence-electron chi connectivity index (χ0n) is 19.7. The molecular formula is C25H30ClFN6. The number of pyridine rings is 1. The molecule has 3 heterocycles. The Morgan fingerprint density at radius 3 is 2.45 bits per heavy atom. The van der Waals surface area contributed by atoms with Crippen molar-refractivity contribution in [3.05, 3.63) is 59.8 Å². The smallest absolute Gasteiger partial charge is 0.229 e. The Bertz CT molecular complexity index is 1120. The van der Waals surface area contributed by atoms with E-state index in [1.165, 1.54) is 6.20 Å². The number of benzene rings is 1. The maximum atomic E-state index is 14.6. The van der Waals surface area contributed by atoms with Gasteiger partial charge < -0.3 is 10.6 Å². The predicted molar refractivity (Wildman–Crippen MR) is 133 cm³/mol. The summed E-state index contributed by atoms with van der Waals surface area (Å²) in [6.07, 6.45) is 6.43. The number of nitrogens with zero attached hydrogens (tertiary/aromatic N) is 4. The fraction of sp³-hybridized carbons (Fsp3) is 0.400. The molecule has 8 heteroatoms. The molecule has 174 valence electrons. The van der Waals surface area contributed by atoms with E-state index in [9.17, 15) is 4.39 Å². The van der Waals surface area contributed by atoms with Gasteiger partial charge in [0.25, 0.3) is 0 Å². The molecule has 0 bridgehead atoms. The summed E-state index contributed by atoms with van der Waals surface area (Å²) in [5.41, 5.74) is 2.49. The summed E-state index contributed by atoms with van der Waals surface area (Å²) >= 11 is 6.50. The third kappa shape index (κ3) is 5.09. The van der Waals surface area contributed by atoms with Crippen LogP contribution in [0.1, 0.15) is 40.5 Å². The molecule has 1 aromatic carbocycles. The highest BCUT2D eigenvalue weighted by atomic mass is 35.5. The molecule has 2 aromatic heterocycles. The number of anilines is 3. The third-order valence-electron chi connectivity index (χ3n) is 6.59. The van der Waals surface area contributed by atoms with Crippen molar-refractivity contribution < 1.29 is 4.39 Å². The summed E-state index contributed by atoms with van der Waals surface area (Å²) in [5, 5.41) is 7.03. The fourth-order valence-corrected chi connectivity index (χ4v) is 4.96. The molecule has 3 aromatic rings. The molecule has 1 fully saturated rings. The molecule has 0 saturated carbocycles. The van der Waals surface area contributed by atoms with Gasteiger partial charge in [-0.1, -0.05) is 23.7 Å². The highest BCUT2D eigenvalue weighted by Crippen LogP contribution is 2.38. The van der Waals surface area contributed by atoms with E-state index in [2.05, 4.69) is 65.2 Å². The average molecular weight is 469 g/mol. The summed E-state index contributed by atoms with van der Waals surface area (Å²) in [5.74, 6) is 0.0299. The molecule has 1 aliphatic rings. The zero-order chi connectivity index (χ0) is 23.8. The van der Waals surface area contributed by atoms with Crippen LogP contribution in [0.2, 0.25) is 5.02 Å². The summed E-state index contributed by atoms with van der Waals surface area (Å²) in [4.78, 5) is 15.0. The molecule has 0 unspecified atom stereocenters. The Morgan fingerprint density at radius 2 is 1.82 bits per heavy atom. The normalized spacial score (nSPS) is 18.2. The van der Waals surface area contributed by atoms with Gasteiger partial charge in [-0.3, -0.25) is 9.88 Å². The van der Waals surface area contributed by atoms with Crippen LogP contribution in [0.3, 0.4) is 0 Å². The Kier molecular flexibility index (Phi) is 6.29. The van der Waals surface area contributed by atoms with Gasteiger partial charge in [0.1, 0.15) is 0 Å². The second kappa shape index (κ2) is 8.88. The van der Waals surface area contributed by atoms with E-state index in [-0.39, 0.29) is 22.9 Å². The summed E-state index contributed by atoms with van der Waals surface area (Å²) in [7, 11) is 2.15. The van der Waals surface area contributed by atoms with E-state index < -0.39 is 5.82 Å². The van der Waals surface area contributed by atoms with E-state index in [0.29, 0.717) is 16.7 Å². The first-order chi connectivity index (χ1) is 15.5. The quantitative estimate of drug-likeness (QED) is 0.469. The van der Waals surface area contributed by atoms with Gasteiger partial charge in [-0.15, -0.1) is 0 Å². The fourth-order valence-electron chi connectivity index (χ4n) is 4.67. The summed E-state index contributed by atoms with van der Waals surface area (Å²) in [6.45, 7) is 8.85. The number of rotatable bonds is 5. The van der Waals surface area contributed by atoms with Crippen molar-refractivity contribution >= 4 is 29.1 Å². The van der Waals surface area contributed by atoms with Gasteiger partial charge in [0, 0.05) is 46.3 Å². The molecule has 0 atom stereocenters. The van der Waals surface area contributed by atoms with Crippen molar-refractivity contribution in [3.63, 3.8) is 0 Å². The van der Waals surface area contributed by atoms with E-state index in [1.807, 2.05) is 24.3 Å². The largest absolute Gasteiger partial charge is 0.365 e. The first kappa shape index (κ1) is 23.4. The minimum Gasteiger partial charge on any atom is -0.365 e. The van der Waals surface area contributed by atoms with Crippen molar-refractivity contribution in [2.24, 2.45) is 0 Å². The lowest BCUT2D eigenvalue weighted by molar-refractivity contribution is -0.00778. The Balaban J connectivity index is 1.52. The van der Waals surface area contributed by atoms with Crippen LogP contribution in [-0.2, 0) is 0 Å². The maximum Gasteiger partial charge on any atom is 0.229 e. The van der Waals surface area contributed by atoms with Crippen molar-refractivity contribution in [2.75, 3.05) is 17.7 Å². The molecule has 1 aliphatic heterocycles. The molecule has 33 heavy (non-hydrogen) atoms. The molecule has 0 aliphatic carbocycles. The molecule has 2 N–H and O–H groups in total. The number of hydrogen-bond donors (Lipinski definition) is 2. The lowest BCUT2D eigenvalue weighted by atomic mass is 9.77. The van der Waals surface area contributed by atoms with Gasteiger partial charge in [0.15, 0.2) is 11.6 Å². The van der Waals surface area contributed by atoms with Gasteiger partial charge in [0.05, 0.1) is 11.2 Å². The molecule has 6 nitrogen and oxygen atoms in total. The lowest BCUT2D eigenvalue weighted by Gasteiger charge is -2.53. The van der Waals surface area contributed by atoms with E-state index in [0.717, 1.165) is 24.0 Å². The Labute approximate surface area is 199 Å². The van der Waals surface area contributed by atoms with Crippen LogP contribution >= 0.6 is 11.6 Å². The van der Waals surface area contributed by atoms with Crippen LogP contribution in [-0.4, -0.2) is 44.0 Å². The lowest BCUT2D eigenvalue weighted by Crippen LogP contribution is -2.61. The minimum absolute atomic E-state index is 0.0171. The first-order valence-corrected chi connectivity index (χ1v) is 11.4. The number of hydrogen-bond acceptors (Lipinski definition) is 6. The number of piperidine rings is 1. The highest BCUT2D eigenvalue weighted by Gasteiger charge is 2.43. The molecule has 0 radical (unpaired) electrons. The van der Waals surface area contributed by atoms with Crippen LogP contribution in [0.25, 0.3) is 11.1 Å². The number of nitrogens with one attached hydrogen (secondary N) is 2.